The highest BCUT2D eigenvalue weighted by molar-refractivity contribution is 9.10. The van der Waals surface area contributed by atoms with Gasteiger partial charge in [-0.2, -0.15) is 0 Å². The number of hydrogen-bond acceptors (Lipinski definition) is 1. The van der Waals surface area contributed by atoms with Crippen molar-refractivity contribution in [1.82, 2.24) is 0 Å². The molecule has 0 saturated heterocycles. The number of rotatable bonds is 4. The van der Waals surface area contributed by atoms with Gasteiger partial charge in [-0.25, -0.2) is 0 Å². The average Bonchev–Trinajstić information content (AvgIpc) is 2.41. The van der Waals surface area contributed by atoms with Crippen molar-refractivity contribution in [3.8, 4) is 5.75 Å². The zero-order valence-electron chi connectivity index (χ0n) is 10.2. The number of hydrogen-bond donors (Lipinski definition) is 0. The number of ether oxygens (including phenoxy) is 1. The number of alkyl halides is 1. The second-order valence-corrected chi connectivity index (χ2v) is 6.94. The van der Waals surface area contributed by atoms with Gasteiger partial charge in [0.25, 0.3) is 0 Å². The third-order valence-corrected chi connectivity index (χ3v) is 5.62. The highest BCUT2D eigenvalue weighted by Gasteiger charge is 2.32. The van der Waals surface area contributed by atoms with E-state index in [4.69, 9.17) is 16.3 Å². The molecule has 1 aromatic rings. The van der Waals surface area contributed by atoms with E-state index >= 15 is 0 Å². The van der Waals surface area contributed by atoms with Gasteiger partial charge in [0.05, 0.1) is 11.6 Å². The summed E-state index contributed by atoms with van der Waals surface area (Å²) in [6.07, 6.45) is 6.45. The molecule has 1 aliphatic rings. The molecule has 0 unspecified atom stereocenters. The Balaban J connectivity index is 2.03. The van der Waals surface area contributed by atoms with Crippen LogP contribution in [0.3, 0.4) is 0 Å². The van der Waals surface area contributed by atoms with Crippen molar-refractivity contribution >= 4 is 43.5 Å². The molecule has 2 rings (SSSR count). The average molecular weight is 397 g/mol. The van der Waals surface area contributed by atoms with Gasteiger partial charge in [-0.05, 0) is 31.0 Å². The maximum atomic E-state index is 6.14. The minimum absolute atomic E-state index is 0.282. The SMILES string of the molecule is Clc1ccc(Br)cc1OCC1(CBr)CCCCC1. The molecule has 0 heterocycles. The smallest absolute Gasteiger partial charge is 0.139 e. The lowest BCUT2D eigenvalue weighted by molar-refractivity contribution is 0.122. The Morgan fingerprint density at radius 3 is 2.61 bits per heavy atom. The van der Waals surface area contributed by atoms with Crippen molar-refractivity contribution in [3.05, 3.63) is 27.7 Å². The second kappa shape index (κ2) is 6.62. The van der Waals surface area contributed by atoms with Gasteiger partial charge in [-0.15, -0.1) is 0 Å². The van der Waals surface area contributed by atoms with Crippen molar-refractivity contribution in [2.24, 2.45) is 5.41 Å². The van der Waals surface area contributed by atoms with Crippen LogP contribution in [-0.4, -0.2) is 11.9 Å². The molecule has 0 spiro atoms. The third-order valence-electron chi connectivity index (χ3n) is 3.62. The largest absolute Gasteiger partial charge is 0.491 e. The first-order valence-electron chi connectivity index (χ1n) is 6.29. The first kappa shape index (κ1) is 14.7. The van der Waals surface area contributed by atoms with Gasteiger partial charge in [-0.1, -0.05) is 62.7 Å². The molecule has 18 heavy (non-hydrogen) atoms. The van der Waals surface area contributed by atoms with E-state index in [0.29, 0.717) is 5.02 Å². The molecule has 0 aromatic heterocycles. The minimum Gasteiger partial charge on any atom is -0.491 e. The fourth-order valence-electron chi connectivity index (χ4n) is 2.44. The van der Waals surface area contributed by atoms with E-state index in [1.807, 2.05) is 18.2 Å². The van der Waals surface area contributed by atoms with E-state index < -0.39 is 0 Å². The lowest BCUT2D eigenvalue weighted by atomic mass is 9.76. The molecule has 0 bridgehead atoms. The Morgan fingerprint density at radius 2 is 1.94 bits per heavy atom. The highest BCUT2D eigenvalue weighted by atomic mass is 79.9. The van der Waals surface area contributed by atoms with E-state index in [9.17, 15) is 0 Å². The van der Waals surface area contributed by atoms with E-state index in [-0.39, 0.29) is 5.41 Å². The summed E-state index contributed by atoms with van der Waals surface area (Å²) in [5, 5.41) is 1.68. The van der Waals surface area contributed by atoms with E-state index in [1.165, 1.54) is 32.1 Å². The summed E-state index contributed by atoms with van der Waals surface area (Å²) >= 11 is 13.2. The van der Waals surface area contributed by atoms with Crippen LogP contribution in [0.5, 0.6) is 5.75 Å². The lowest BCUT2D eigenvalue weighted by Crippen LogP contribution is -2.32. The Hall–Kier alpha value is 0.270. The van der Waals surface area contributed by atoms with Crippen molar-refractivity contribution in [2.75, 3.05) is 11.9 Å². The van der Waals surface area contributed by atoms with Gasteiger partial charge in [0.2, 0.25) is 0 Å². The molecule has 1 aromatic carbocycles. The molecular formula is C14H17Br2ClO. The standard InChI is InChI=1S/C14H17Br2ClO/c15-9-14(6-2-1-3-7-14)10-18-13-8-11(16)4-5-12(13)17/h4-5,8H,1-3,6-7,9-10H2. The molecule has 4 heteroatoms. The summed E-state index contributed by atoms with van der Waals surface area (Å²) in [6, 6.07) is 5.73. The first-order chi connectivity index (χ1) is 8.65. The summed E-state index contributed by atoms with van der Waals surface area (Å²) in [5.74, 6) is 0.775. The van der Waals surface area contributed by atoms with Crippen LogP contribution < -0.4 is 4.74 Å². The van der Waals surface area contributed by atoms with Crippen LogP contribution in [0.15, 0.2) is 22.7 Å². The van der Waals surface area contributed by atoms with E-state index in [2.05, 4.69) is 31.9 Å². The van der Waals surface area contributed by atoms with Crippen LogP contribution in [0.25, 0.3) is 0 Å². The fourth-order valence-corrected chi connectivity index (χ4v) is 3.67. The molecule has 100 valence electrons. The first-order valence-corrected chi connectivity index (χ1v) is 8.58. The van der Waals surface area contributed by atoms with Crippen LogP contribution in [0.4, 0.5) is 0 Å². The molecule has 0 amide bonds. The van der Waals surface area contributed by atoms with Crippen LogP contribution in [0, 0.1) is 5.41 Å². The highest BCUT2D eigenvalue weighted by Crippen LogP contribution is 2.39. The summed E-state index contributed by atoms with van der Waals surface area (Å²) in [7, 11) is 0. The van der Waals surface area contributed by atoms with Gasteiger partial charge in [0, 0.05) is 15.2 Å². The molecule has 1 saturated carbocycles. The third kappa shape index (κ3) is 3.64. The summed E-state index contributed by atoms with van der Waals surface area (Å²) in [4.78, 5) is 0. The Bertz CT molecular complexity index is 403. The summed E-state index contributed by atoms with van der Waals surface area (Å²) in [6.45, 7) is 0.744. The van der Waals surface area contributed by atoms with Crippen LogP contribution in [-0.2, 0) is 0 Å². The quantitative estimate of drug-likeness (QED) is 0.582. The zero-order chi connectivity index (χ0) is 13.0. The Labute approximate surface area is 130 Å². The fraction of sp³-hybridized carbons (Fsp3) is 0.571. The van der Waals surface area contributed by atoms with Gasteiger partial charge in [-0.3, -0.25) is 0 Å². The maximum Gasteiger partial charge on any atom is 0.139 e. The van der Waals surface area contributed by atoms with Crippen LogP contribution in [0.1, 0.15) is 32.1 Å². The molecule has 1 aliphatic carbocycles. The number of benzene rings is 1. The lowest BCUT2D eigenvalue weighted by Gasteiger charge is -2.35. The van der Waals surface area contributed by atoms with Gasteiger partial charge >= 0.3 is 0 Å². The number of halogens is 3. The monoisotopic (exact) mass is 394 g/mol. The normalized spacial score (nSPS) is 18.6. The molecule has 0 radical (unpaired) electrons. The van der Waals surface area contributed by atoms with Crippen molar-refractivity contribution in [3.63, 3.8) is 0 Å². The molecule has 0 atom stereocenters. The maximum absolute atomic E-state index is 6.14. The van der Waals surface area contributed by atoms with Crippen LogP contribution in [0.2, 0.25) is 5.02 Å². The van der Waals surface area contributed by atoms with Crippen molar-refractivity contribution < 1.29 is 4.74 Å². The molecular weight excluding hydrogens is 379 g/mol. The van der Waals surface area contributed by atoms with Crippen molar-refractivity contribution in [1.29, 1.82) is 0 Å². The summed E-state index contributed by atoms with van der Waals surface area (Å²) in [5.41, 5.74) is 0.282. The van der Waals surface area contributed by atoms with E-state index in [1.54, 1.807) is 0 Å². The second-order valence-electron chi connectivity index (χ2n) is 5.06. The van der Waals surface area contributed by atoms with Gasteiger partial charge < -0.3 is 4.74 Å². The Morgan fingerprint density at radius 1 is 1.22 bits per heavy atom. The molecule has 0 N–H and O–H groups in total. The van der Waals surface area contributed by atoms with Crippen LogP contribution >= 0.6 is 43.5 Å². The molecule has 0 aliphatic heterocycles. The topological polar surface area (TPSA) is 9.23 Å². The molecule has 1 nitrogen and oxygen atoms in total. The zero-order valence-corrected chi connectivity index (χ0v) is 14.2. The van der Waals surface area contributed by atoms with Crippen molar-refractivity contribution in [2.45, 2.75) is 32.1 Å². The van der Waals surface area contributed by atoms with Gasteiger partial charge in [0.1, 0.15) is 5.75 Å². The molecule has 1 fully saturated rings. The minimum atomic E-state index is 0.282. The van der Waals surface area contributed by atoms with E-state index in [0.717, 1.165) is 22.2 Å². The predicted octanol–water partition coefficient (Wildman–Crippen LogP) is 5.83. The van der Waals surface area contributed by atoms with Gasteiger partial charge in [0.15, 0.2) is 0 Å². The predicted molar refractivity (Wildman–Crippen MR) is 84.0 cm³/mol. The Kier molecular flexibility index (Phi) is 5.40. The summed E-state index contributed by atoms with van der Waals surface area (Å²) < 4.78 is 6.96.